The molecule has 24 heavy (non-hydrogen) atoms. The van der Waals surface area contributed by atoms with Crippen molar-refractivity contribution in [3.8, 4) is 0 Å². The summed E-state index contributed by atoms with van der Waals surface area (Å²) in [5, 5.41) is 5.07. The van der Waals surface area contributed by atoms with Crippen molar-refractivity contribution < 1.29 is 13.9 Å². The quantitative estimate of drug-likeness (QED) is 0.893. The number of carbonyl (C=O) groups excluding carboxylic acids is 1. The Morgan fingerprint density at radius 3 is 2.83 bits per heavy atom. The fourth-order valence-corrected chi connectivity index (χ4v) is 2.33. The van der Waals surface area contributed by atoms with E-state index in [4.69, 9.17) is 4.74 Å². The first-order valence-electron chi connectivity index (χ1n) is 7.66. The minimum Gasteiger partial charge on any atom is -0.378 e. The zero-order valence-electron chi connectivity index (χ0n) is 13.0. The summed E-state index contributed by atoms with van der Waals surface area (Å²) in [6.07, 6.45) is 1.66. The van der Waals surface area contributed by atoms with E-state index in [1.54, 1.807) is 18.3 Å². The van der Waals surface area contributed by atoms with Gasteiger partial charge in [-0.05, 0) is 18.2 Å². The molecule has 1 saturated heterocycles. The molecule has 1 aromatic heterocycles. The molecule has 0 unspecified atom stereocenters. The van der Waals surface area contributed by atoms with Crippen LogP contribution in [0.5, 0.6) is 0 Å². The van der Waals surface area contributed by atoms with Crippen molar-refractivity contribution in [1.29, 1.82) is 0 Å². The Morgan fingerprint density at radius 1 is 1.25 bits per heavy atom. The van der Waals surface area contributed by atoms with Crippen LogP contribution >= 0.6 is 0 Å². The second-order valence-corrected chi connectivity index (χ2v) is 5.22. The van der Waals surface area contributed by atoms with Crippen LogP contribution in [0.25, 0.3) is 0 Å². The molecule has 0 radical (unpaired) electrons. The Hall–Kier alpha value is -2.74. The highest BCUT2D eigenvalue weighted by Crippen LogP contribution is 2.13. The van der Waals surface area contributed by atoms with E-state index in [1.165, 1.54) is 12.1 Å². The molecule has 1 aliphatic rings. The van der Waals surface area contributed by atoms with Crippen LogP contribution in [-0.2, 0) is 11.3 Å². The van der Waals surface area contributed by atoms with E-state index in [9.17, 15) is 9.18 Å². The topological polar surface area (TPSA) is 79.4 Å². The SMILES string of the molecule is O=C(NCc1nccc(N2CCOCC2)n1)Nc1ccccc1F. The van der Waals surface area contributed by atoms with Gasteiger partial charge in [-0.15, -0.1) is 0 Å². The number of amides is 2. The number of hydrogen-bond donors (Lipinski definition) is 2. The summed E-state index contributed by atoms with van der Waals surface area (Å²) in [5.41, 5.74) is 0.123. The molecule has 0 saturated carbocycles. The number of aromatic nitrogens is 2. The van der Waals surface area contributed by atoms with Crippen LogP contribution in [0.1, 0.15) is 5.82 Å². The van der Waals surface area contributed by atoms with Crippen LogP contribution in [0.4, 0.5) is 20.7 Å². The van der Waals surface area contributed by atoms with E-state index in [0.717, 1.165) is 18.9 Å². The zero-order valence-corrected chi connectivity index (χ0v) is 13.0. The number of anilines is 2. The summed E-state index contributed by atoms with van der Waals surface area (Å²) in [6, 6.07) is 7.29. The van der Waals surface area contributed by atoms with Gasteiger partial charge < -0.3 is 20.3 Å². The van der Waals surface area contributed by atoms with Crippen molar-refractivity contribution in [3.05, 3.63) is 48.2 Å². The summed E-state index contributed by atoms with van der Waals surface area (Å²) in [4.78, 5) is 22.5. The third-order valence-corrected chi connectivity index (χ3v) is 3.55. The van der Waals surface area contributed by atoms with Crippen molar-refractivity contribution in [1.82, 2.24) is 15.3 Å². The van der Waals surface area contributed by atoms with E-state index < -0.39 is 11.8 Å². The summed E-state index contributed by atoms with van der Waals surface area (Å²) in [5.74, 6) is 0.806. The van der Waals surface area contributed by atoms with Crippen molar-refractivity contribution in [2.24, 2.45) is 0 Å². The van der Waals surface area contributed by atoms with Gasteiger partial charge in [-0.3, -0.25) is 0 Å². The van der Waals surface area contributed by atoms with Gasteiger partial charge in [0, 0.05) is 19.3 Å². The predicted molar refractivity (Wildman–Crippen MR) is 87.3 cm³/mol. The number of morpholine rings is 1. The van der Waals surface area contributed by atoms with Crippen LogP contribution in [0, 0.1) is 5.82 Å². The first-order valence-corrected chi connectivity index (χ1v) is 7.66. The number of para-hydroxylation sites is 1. The largest absolute Gasteiger partial charge is 0.378 e. The van der Waals surface area contributed by atoms with Crippen LogP contribution in [0.15, 0.2) is 36.5 Å². The molecule has 1 aromatic carbocycles. The molecule has 8 heteroatoms. The molecule has 0 spiro atoms. The number of carbonyl (C=O) groups is 1. The summed E-state index contributed by atoms with van der Waals surface area (Å²) in [7, 11) is 0. The Kier molecular flexibility index (Phi) is 5.17. The molecular weight excluding hydrogens is 313 g/mol. The van der Waals surface area contributed by atoms with Gasteiger partial charge in [-0.2, -0.15) is 0 Å². The smallest absolute Gasteiger partial charge is 0.319 e. The van der Waals surface area contributed by atoms with Gasteiger partial charge in [-0.1, -0.05) is 12.1 Å². The molecule has 3 rings (SSSR count). The fourth-order valence-electron chi connectivity index (χ4n) is 2.33. The lowest BCUT2D eigenvalue weighted by Gasteiger charge is -2.27. The maximum atomic E-state index is 13.5. The standard InChI is InChI=1S/C16H18FN5O2/c17-12-3-1-2-4-13(12)20-16(23)19-11-14-18-6-5-15(21-14)22-7-9-24-10-8-22/h1-6H,7-11H2,(H2,19,20,23). The first-order chi connectivity index (χ1) is 11.7. The minimum atomic E-state index is -0.513. The second kappa shape index (κ2) is 7.69. The molecule has 126 valence electrons. The summed E-state index contributed by atoms with van der Waals surface area (Å²) >= 11 is 0. The Labute approximate surface area is 138 Å². The average Bonchev–Trinajstić information content (AvgIpc) is 2.63. The fraction of sp³-hybridized carbons (Fsp3) is 0.312. The van der Waals surface area contributed by atoms with Crippen LogP contribution in [0.2, 0.25) is 0 Å². The zero-order chi connectivity index (χ0) is 16.8. The molecular formula is C16H18FN5O2. The Bertz CT molecular complexity index is 706. The van der Waals surface area contributed by atoms with Crippen LogP contribution in [0.3, 0.4) is 0 Å². The lowest BCUT2D eigenvalue weighted by Crippen LogP contribution is -2.37. The maximum absolute atomic E-state index is 13.5. The lowest BCUT2D eigenvalue weighted by atomic mass is 10.3. The third kappa shape index (κ3) is 4.17. The predicted octanol–water partition coefficient (Wildman–Crippen LogP) is 1.77. The second-order valence-electron chi connectivity index (χ2n) is 5.22. The number of rotatable bonds is 4. The Morgan fingerprint density at radius 2 is 2.04 bits per heavy atom. The Balaban J connectivity index is 1.56. The number of ether oxygens (including phenoxy) is 1. The molecule has 2 N–H and O–H groups in total. The van der Waals surface area contributed by atoms with E-state index in [2.05, 4.69) is 25.5 Å². The van der Waals surface area contributed by atoms with Gasteiger partial charge in [-0.25, -0.2) is 19.2 Å². The van der Waals surface area contributed by atoms with Crippen molar-refractivity contribution in [2.45, 2.75) is 6.54 Å². The molecule has 0 aliphatic carbocycles. The monoisotopic (exact) mass is 331 g/mol. The van der Waals surface area contributed by atoms with Crippen molar-refractivity contribution in [3.63, 3.8) is 0 Å². The molecule has 2 aromatic rings. The average molecular weight is 331 g/mol. The maximum Gasteiger partial charge on any atom is 0.319 e. The van der Waals surface area contributed by atoms with Crippen molar-refractivity contribution in [2.75, 3.05) is 36.5 Å². The highest BCUT2D eigenvalue weighted by Gasteiger charge is 2.13. The number of nitrogens with one attached hydrogen (secondary N) is 2. The van der Waals surface area contributed by atoms with E-state index in [-0.39, 0.29) is 12.2 Å². The third-order valence-electron chi connectivity index (χ3n) is 3.55. The highest BCUT2D eigenvalue weighted by atomic mass is 19.1. The van der Waals surface area contributed by atoms with Crippen LogP contribution < -0.4 is 15.5 Å². The van der Waals surface area contributed by atoms with Gasteiger partial charge in [0.2, 0.25) is 0 Å². The lowest BCUT2D eigenvalue weighted by molar-refractivity contribution is 0.122. The van der Waals surface area contributed by atoms with E-state index >= 15 is 0 Å². The highest BCUT2D eigenvalue weighted by molar-refractivity contribution is 5.89. The van der Waals surface area contributed by atoms with E-state index in [0.29, 0.717) is 19.0 Å². The van der Waals surface area contributed by atoms with Gasteiger partial charge in [0.15, 0.2) is 0 Å². The number of hydrogen-bond acceptors (Lipinski definition) is 5. The number of urea groups is 1. The van der Waals surface area contributed by atoms with Gasteiger partial charge in [0.25, 0.3) is 0 Å². The molecule has 0 atom stereocenters. The molecule has 7 nitrogen and oxygen atoms in total. The molecule has 2 amide bonds. The number of benzene rings is 1. The summed E-state index contributed by atoms with van der Waals surface area (Å²) in [6.45, 7) is 3.04. The van der Waals surface area contributed by atoms with Gasteiger partial charge >= 0.3 is 6.03 Å². The van der Waals surface area contributed by atoms with Crippen LogP contribution in [-0.4, -0.2) is 42.3 Å². The van der Waals surface area contributed by atoms with Gasteiger partial charge in [0.1, 0.15) is 17.5 Å². The molecule has 2 heterocycles. The molecule has 0 bridgehead atoms. The molecule has 1 aliphatic heterocycles. The summed E-state index contributed by atoms with van der Waals surface area (Å²) < 4.78 is 18.8. The minimum absolute atomic E-state index is 0.123. The number of halogens is 1. The molecule has 1 fully saturated rings. The van der Waals surface area contributed by atoms with Gasteiger partial charge in [0.05, 0.1) is 25.4 Å². The first kappa shape index (κ1) is 16.1. The number of nitrogens with zero attached hydrogens (tertiary/aromatic N) is 3. The normalized spacial score (nSPS) is 14.3. The van der Waals surface area contributed by atoms with E-state index in [1.807, 2.05) is 6.07 Å². The van der Waals surface area contributed by atoms with Crippen molar-refractivity contribution >= 4 is 17.5 Å².